The zero-order valence-corrected chi connectivity index (χ0v) is 22.0. The van der Waals surface area contributed by atoms with Gasteiger partial charge < -0.3 is 17.7 Å². The normalized spacial score (nSPS) is 11.4. The number of rotatable bonds is 14. The van der Waals surface area contributed by atoms with Crippen molar-refractivity contribution in [3.05, 3.63) is 43.0 Å². The molecule has 7 nitrogen and oxygen atoms in total. The second-order valence-corrected chi connectivity index (χ2v) is 10.6. The van der Waals surface area contributed by atoms with Gasteiger partial charge >= 0.3 is 10.2 Å². The molecule has 2 rings (SSSR count). The minimum absolute atomic E-state index is 0. The van der Waals surface area contributed by atoms with Crippen molar-refractivity contribution in [2.24, 2.45) is 0 Å². The van der Waals surface area contributed by atoms with Crippen LogP contribution in [0, 0.1) is 0 Å². The summed E-state index contributed by atoms with van der Waals surface area (Å²) in [5.41, 5.74) is 1.54. The molecule has 1 aromatic carbocycles. The molecule has 0 radical (unpaired) electrons. The van der Waals surface area contributed by atoms with Gasteiger partial charge in [0.05, 0.1) is 0 Å². The number of carbonyl (C=O) groups excluding carboxylic acids is 1. The number of hydrogen-bond acceptors (Lipinski definition) is 3. The topological polar surface area (TPSA) is 75.3 Å². The Kier molecular flexibility index (Phi) is 13.1. The zero-order valence-electron chi connectivity index (χ0n) is 18.8. The van der Waals surface area contributed by atoms with Crippen molar-refractivity contribution in [1.82, 2.24) is 8.87 Å². The van der Waals surface area contributed by atoms with Crippen LogP contribution in [0.1, 0.15) is 57.8 Å². The molecule has 0 saturated carbocycles. The van der Waals surface area contributed by atoms with Crippen LogP contribution < -0.4 is 21.7 Å². The van der Waals surface area contributed by atoms with Crippen LogP contribution in [0.3, 0.4) is 0 Å². The molecular weight excluding hydrogens is 516 g/mol. The number of benzene rings is 1. The lowest BCUT2D eigenvalue weighted by Gasteiger charge is -2.06. The van der Waals surface area contributed by atoms with E-state index in [-0.39, 0.29) is 18.3 Å². The average molecular weight is 550 g/mol. The first-order valence-electron chi connectivity index (χ1n) is 10.8. The van der Waals surface area contributed by atoms with E-state index in [1.165, 1.54) is 65.1 Å². The van der Waals surface area contributed by atoms with Gasteiger partial charge in [0.1, 0.15) is 18.1 Å². The van der Waals surface area contributed by atoms with Crippen LogP contribution in [0.15, 0.2) is 43.0 Å². The van der Waals surface area contributed by atoms with E-state index in [1.807, 2.05) is 24.3 Å². The molecule has 0 spiro atoms. The van der Waals surface area contributed by atoms with E-state index in [0.717, 1.165) is 37.8 Å². The van der Waals surface area contributed by atoms with Gasteiger partial charge in [0.2, 0.25) is 5.91 Å². The summed E-state index contributed by atoms with van der Waals surface area (Å²) in [5.74, 6) is 0.0287. The van der Waals surface area contributed by atoms with E-state index < -0.39 is 10.2 Å². The maximum atomic E-state index is 12.2. The molecule has 1 N–H and O–H groups in total. The summed E-state index contributed by atoms with van der Waals surface area (Å²) < 4.78 is 28.4. The number of halogens is 2. The quantitative estimate of drug-likeness (QED) is 0.219. The summed E-state index contributed by atoms with van der Waals surface area (Å²) in [4.78, 5) is 12.2. The van der Waals surface area contributed by atoms with E-state index >= 15 is 0 Å². The van der Waals surface area contributed by atoms with Crippen molar-refractivity contribution in [1.29, 1.82) is 0 Å². The molecule has 2 aromatic rings. The molecule has 10 heteroatoms. The molecule has 1 amide bonds. The third-order valence-corrected chi connectivity index (χ3v) is 7.31. The number of carbonyl (C=O) groups is 1. The van der Waals surface area contributed by atoms with Crippen LogP contribution >= 0.6 is 15.9 Å². The molecule has 0 aliphatic carbocycles. The van der Waals surface area contributed by atoms with Gasteiger partial charge in [-0.1, -0.05) is 54.5 Å². The Labute approximate surface area is 206 Å². The van der Waals surface area contributed by atoms with Gasteiger partial charge in [-0.2, -0.15) is 12.7 Å². The second kappa shape index (κ2) is 14.7. The van der Waals surface area contributed by atoms with Crippen LogP contribution in [-0.2, 0) is 15.0 Å². The highest BCUT2D eigenvalue weighted by atomic mass is 79.9. The second-order valence-electron chi connectivity index (χ2n) is 7.80. The lowest BCUT2D eigenvalue weighted by Crippen LogP contribution is -3.00. The van der Waals surface area contributed by atoms with Gasteiger partial charge in [0.25, 0.3) is 6.33 Å². The van der Waals surface area contributed by atoms with Crippen LogP contribution in [0.5, 0.6) is 0 Å². The molecule has 180 valence electrons. The number of nitrogens with zero attached hydrogens (tertiary/aromatic N) is 3. The number of nitrogens with one attached hydrogen (secondary N) is 1. The Bertz CT molecular complexity index is 918. The molecule has 0 aliphatic rings. The standard InChI is InChI=1S/C22H33BrN4O3S.ClH/c1-25(2)31(29,30)27-18-17-26(19-27)21-14-12-20(13-15-21)24-22(28)11-9-7-5-3-4-6-8-10-16-23;/h12-15,17-19H,3-11,16H2,1-2H3;1H. The molecular formula is C22H34BrClN4O3S. The highest BCUT2D eigenvalue weighted by Crippen LogP contribution is 2.15. The van der Waals surface area contributed by atoms with Crippen molar-refractivity contribution in [2.75, 3.05) is 24.7 Å². The highest BCUT2D eigenvalue weighted by molar-refractivity contribution is 9.09. The van der Waals surface area contributed by atoms with Crippen molar-refractivity contribution in [3.8, 4) is 5.69 Å². The number of alkyl halides is 1. The van der Waals surface area contributed by atoms with Crippen molar-refractivity contribution in [2.45, 2.75) is 57.8 Å². The fourth-order valence-electron chi connectivity index (χ4n) is 3.20. The van der Waals surface area contributed by atoms with Crippen LogP contribution in [0.25, 0.3) is 5.69 Å². The van der Waals surface area contributed by atoms with Gasteiger partial charge in [-0.15, -0.1) is 3.97 Å². The monoisotopic (exact) mass is 548 g/mol. The number of anilines is 1. The summed E-state index contributed by atoms with van der Waals surface area (Å²) in [6, 6.07) is 7.34. The first kappa shape index (κ1) is 28.6. The van der Waals surface area contributed by atoms with Crippen molar-refractivity contribution < 1.29 is 29.6 Å². The predicted octanol–water partition coefficient (Wildman–Crippen LogP) is 1.27. The highest BCUT2D eigenvalue weighted by Gasteiger charge is 2.23. The van der Waals surface area contributed by atoms with Crippen molar-refractivity contribution in [3.63, 3.8) is 0 Å². The third kappa shape index (κ3) is 9.21. The van der Waals surface area contributed by atoms with Gasteiger partial charge in [0, 0.05) is 31.5 Å². The lowest BCUT2D eigenvalue weighted by molar-refractivity contribution is -0.514. The van der Waals surface area contributed by atoms with Crippen molar-refractivity contribution >= 4 is 37.7 Å². The predicted molar refractivity (Wildman–Crippen MR) is 128 cm³/mol. The van der Waals surface area contributed by atoms with Gasteiger partial charge in [-0.05, 0) is 37.1 Å². The minimum Gasteiger partial charge on any atom is -1.00 e. The Morgan fingerprint density at radius 3 is 2.12 bits per heavy atom. The molecule has 0 saturated heterocycles. The van der Waals surface area contributed by atoms with E-state index in [4.69, 9.17) is 0 Å². The molecule has 0 unspecified atom stereocenters. The molecule has 0 bridgehead atoms. The molecule has 1 aromatic heterocycles. The van der Waals surface area contributed by atoms with E-state index in [0.29, 0.717) is 6.42 Å². The fraction of sp³-hybridized carbons (Fsp3) is 0.545. The Morgan fingerprint density at radius 2 is 1.56 bits per heavy atom. The maximum Gasteiger partial charge on any atom is 0.379 e. The molecule has 0 fully saturated rings. The van der Waals surface area contributed by atoms with Gasteiger partial charge in [-0.25, -0.2) is 4.57 Å². The Balaban J connectivity index is 0.00000512. The average Bonchev–Trinajstić information content (AvgIpc) is 3.24. The minimum atomic E-state index is -3.54. The van der Waals surface area contributed by atoms with Gasteiger partial charge in [-0.3, -0.25) is 4.79 Å². The molecule has 32 heavy (non-hydrogen) atoms. The van der Waals surface area contributed by atoms with E-state index in [1.54, 1.807) is 10.8 Å². The van der Waals surface area contributed by atoms with Crippen LogP contribution in [0.4, 0.5) is 5.69 Å². The summed E-state index contributed by atoms with van der Waals surface area (Å²) in [5, 5.41) is 4.03. The van der Waals surface area contributed by atoms with E-state index in [2.05, 4.69) is 21.2 Å². The molecule has 0 aliphatic heterocycles. The summed E-state index contributed by atoms with van der Waals surface area (Å²) >= 11 is 3.45. The number of imidazole rings is 1. The Morgan fingerprint density at radius 1 is 1.00 bits per heavy atom. The largest absolute Gasteiger partial charge is 1.00 e. The summed E-state index contributed by atoms with van der Waals surface area (Å²) in [6.45, 7) is 0. The Hall–Kier alpha value is -1.42. The van der Waals surface area contributed by atoms with Crippen LogP contribution in [-0.4, -0.2) is 42.6 Å². The number of hydrogen-bond donors (Lipinski definition) is 1. The number of unbranched alkanes of at least 4 members (excludes halogenated alkanes) is 7. The molecule has 0 atom stereocenters. The van der Waals surface area contributed by atoms with E-state index in [9.17, 15) is 13.2 Å². The van der Waals surface area contributed by atoms with Crippen LogP contribution in [0.2, 0.25) is 0 Å². The first-order valence-corrected chi connectivity index (χ1v) is 13.3. The smallest absolute Gasteiger partial charge is 0.379 e. The summed E-state index contributed by atoms with van der Waals surface area (Å²) in [6.07, 6.45) is 14.8. The summed E-state index contributed by atoms with van der Waals surface area (Å²) in [7, 11) is -0.557. The first-order chi connectivity index (χ1) is 14.8. The number of aromatic nitrogens is 2. The van der Waals surface area contributed by atoms with Gasteiger partial charge in [0.15, 0.2) is 0 Å². The third-order valence-electron chi connectivity index (χ3n) is 5.08. The lowest BCUT2D eigenvalue weighted by atomic mass is 10.1. The molecule has 1 heterocycles. The SMILES string of the molecule is CN(C)S(=O)(=O)[n+]1ccn(-c2ccc(NC(=O)CCCCCCCCCCBr)cc2)c1.[Cl-]. The maximum absolute atomic E-state index is 12.2. The number of amides is 1. The fourth-order valence-corrected chi connectivity index (χ4v) is 4.40. The zero-order chi connectivity index (χ0) is 22.7.